The van der Waals surface area contributed by atoms with E-state index in [0.29, 0.717) is 12.5 Å². The third-order valence-electron chi connectivity index (χ3n) is 5.14. The maximum Gasteiger partial charge on any atom is 0.227 e. The number of nitrogens with zero attached hydrogens (tertiary/aromatic N) is 3. The molecule has 0 aromatic carbocycles. The number of pyridine rings is 1. The van der Waals surface area contributed by atoms with Crippen molar-refractivity contribution in [3.05, 3.63) is 46.9 Å². The van der Waals surface area contributed by atoms with Gasteiger partial charge in [0.05, 0.1) is 37.1 Å². The van der Waals surface area contributed by atoms with E-state index >= 15 is 0 Å². The lowest BCUT2D eigenvalue weighted by atomic mass is 10.0. The van der Waals surface area contributed by atoms with E-state index in [9.17, 15) is 4.79 Å². The van der Waals surface area contributed by atoms with E-state index in [-0.39, 0.29) is 12.0 Å². The van der Waals surface area contributed by atoms with Gasteiger partial charge in [-0.15, -0.1) is 0 Å². The number of aromatic nitrogens is 1. The van der Waals surface area contributed by atoms with Crippen LogP contribution >= 0.6 is 11.3 Å². The smallest absolute Gasteiger partial charge is 0.227 e. The lowest BCUT2D eigenvalue weighted by Gasteiger charge is -2.41. The lowest BCUT2D eigenvalue weighted by Crippen LogP contribution is -2.51. The zero-order chi connectivity index (χ0) is 17.1. The van der Waals surface area contributed by atoms with Crippen LogP contribution in [0.15, 0.2) is 41.4 Å². The summed E-state index contributed by atoms with van der Waals surface area (Å²) in [6.45, 7) is 3.20. The Bertz CT molecular complexity index is 692. The molecule has 0 radical (unpaired) electrons. The van der Waals surface area contributed by atoms with Crippen molar-refractivity contribution in [3.63, 3.8) is 0 Å². The van der Waals surface area contributed by atoms with Gasteiger partial charge in [-0.1, -0.05) is 0 Å². The van der Waals surface area contributed by atoms with Crippen molar-refractivity contribution < 1.29 is 9.53 Å². The first kappa shape index (κ1) is 16.5. The SMILES string of the molecule is O=C(Cc1ccsc1)N1CC[C@@H]2OCCN(c3cccnc3)[C@@H]2CC1. The Labute approximate surface area is 152 Å². The first-order valence-electron chi connectivity index (χ1n) is 8.88. The predicted octanol–water partition coefficient (Wildman–Crippen LogP) is 2.58. The maximum atomic E-state index is 12.6. The molecule has 2 fully saturated rings. The molecule has 4 rings (SSSR count). The quantitative estimate of drug-likeness (QED) is 0.847. The van der Waals surface area contributed by atoms with Crippen LogP contribution in [0.4, 0.5) is 5.69 Å². The van der Waals surface area contributed by atoms with Gasteiger partial charge in [0.15, 0.2) is 0 Å². The highest BCUT2D eigenvalue weighted by atomic mass is 32.1. The Kier molecular flexibility index (Phi) is 4.99. The van der Waals surface area contributed by atoms with Crippen molar-refractivity contribution in [2.45, 2.75) is 31.4 Å². The number of amides is 1. The summed E-state index contributed by atoms with van der Waals surface area (Å²) in [5, 5.41) is 4.09. The van der Waals surface area contributed by atoms with Crippen LogP contribution in [0, 0.1) is 0 Å². The normalized spacial score (nSPS) is 23.8. The lowest BCUT2D eigenvalue weighted by molar-refractivity contribution is -0.130. The molecular weight excluding hydrogens is 334 g/mol. The number of hydrogen-bond acceptors (Lipinski definition) is 5. The van der Waals surface area contributed by atoms with E-state index in [1.807, 2.05) is 28.6 Å². The third kappa shape index (κ3) is 3.70. The standard InChI is InChI=1S/C19H23N3O2S/c23-19(12-15-5-11-25-14-15)21-7-3-17-18(4-8-21)24-10-9-22(17)16-2-1-6-20-13-16/h1-2,5-6,11,13-14,17-18H,3-4,7-10,12H2/t17-,18+/m1/s1. The van der Waals surface area contributed by atoms with Gasteiger partial charge in [-0.25, -0.2) is 0 Å². The molecule has 2 aliphatic heterocycles. The van der Waals surface area contributed by atoms with E-state index < -0.39 is 0 Å². The molecule has 1 amide bonds. The summed E-state index contributed by atoms with van der Waals surface area (Å²) in [6.07, 6.45) is 6.26. The van der Waals surface area contributed by atoms with Gasteiger partial charge < -0.3 is 14.5 Å². The Balaban J connectivity index is 1.45. The van der Waals surface area contributed by atoms with Crippen LogP contribution in [0.5, 0.6) is 0 Å². The monoisotopic (exact) mass is 357 g/mol. The van der Waals surface area contributed by atoms with Crippen LogP contribution in [-0.2, 0) is 16.0 Å². The summed E-state index contributed by atoms with van der Waals surface area (Å²) in [5.74, 6) is 0.227. The van der Waals surface area contributed by atoms with Crippen molar-refractivity contribution in [1.29, 1.82) is 0 Å². The van der Waals surface area contributed by atoms with Crippen molar-refractivity contribution in [2.75, 3.05) is 31.1 Å². The zero-order valence-electron chi connectivity index (χ0n) is 14.2. The number of ether oxygens (including phenoxy) is 1. The number of fused-ring (bicyclic) bond motifs is 1. The molecule has 25 heavy (non-hydrogen) atoms. The van der Waals surface area contributed by atoms with Gasteiger partial charge >= 0.3 is 0 Å². The van der Waals surface area contributed by atoms with E-state index in [0.717, 1.165) is 50.3 Å². The molecule has 6 heteroatoms. The molecule has 2 atom stereocenters. The molecule has 0 spiro atoms. The number of thiophene rings is 1. The maximum absolute atomic E-state index is 12.6. The van der Waals surface area contributed by atoms with Crippen LogP contribution in [0.2, 0.25) is 0 Å². The fraction of sp³-hybridized carbons (Fsp3) is 0.474. The molecule has 0 aliphatic carbocycles. The summed E-state index contributed by atoms with van der Waals surface area (Å²) in [4.78, 5) is 21.3. The number of carbonyl (C=O) groups excluding carboxylic acids is 1. The van der Waals surface area contributed by atoms with Gasteiger partial charge in [-0.3, -0.25) is 9.78 Å². The van der Waals surface area contributed by atoms with Crippen LogP contribution in [0.3, 0.4) is 0 Å². The molecule has 0 unspecified atom stereocenters. The van der Waals surface area contributed by atoms with Gasteiger partial charge in [0.25, 0.3) is 0 Å². The average molecular weight is 357 g/mol. The van der Waals surface area contributed by atoms with Crippen LogP contribution in [-0.4, -0.2) is 54.2 Å². The first-order chi connectivity index (χ1) is 12.3. The third-order valence-corrected chi connectivity index (χ3v) is 5.87. The molecule has 4 heterocycles. The number of carbonyl (C=O) groups is 1. The van der Waals surface area contributed by atoms with Crippen molar-refractivity contribution >= 4 is 22.9 Å². The molecule has 0 bridgehead atoms. The predicted molar refractivity (Wildman–Crippen MR) is 98.9 cm³/mol. The van der Waals surface area contributed by atoms with Gasteiger partial charge in [0.2, 0.25) is 5.91 Å². The Morgan fingerprint density at radius 1 is 1.28 bits per heavy atom. The number of hydrogen-bond donors (Lipinski definition) is 0. The molecule has 2 saturated heterocycles. The summed E-state index contributed by atoms with van der Waals surface area (Å²) in [7, 11) is 0. The topological polar surface area (TPSA) is 45.7 Å². The van der Waals surface area contributed by atoms with E-state index in [1.165, 1.54) is 0 Å². The number of anilines is 1. The minimum atomic E-state index is 0.188. The molecule has 132 valence electrons. The summed E-state index contributed by atoms with van der Waals surface area (Å²) in [6, 6.07) is 6.44. The number of likely N-dealkylation sites (tertiary alicyclic amines) is 1. The van der Waals surface area contributed by atoms with Gasteiger partial charge in [-0.2, -0.15) is 11.3 Å². The minimum absolute atomic E-state index is 0.188. The Morgan fingerprint density at radius 2 is 2.20 bits per heavy atom. The number of rotatable bonds is 3. The molecule has 0 N–H and O–H groups in total. The average Bonchev–Trinajstić information content (AvgIpc) is 3.05. The molecule has 2 aromatic rings. The largest absolute Gasteiger partial charge is 0.374 e. The highest BCUT2D eigenvalue weighted by Gasteiger charge is 2.35. The molecule has 2 aliphatic rings. The van der Waals surface area contributed by atoms with Gasteiger partial charge in [-0.05, 0) is 47.4 Å². The summed E-state index contributed by atoms with van der Waals surface area (Å²) in [5.41, 5.74) is 2.27. The second-order valence-electron chi connectivity index (χ2n) is 6.65. The highest BCUT2D eigenvalue weighted by molar-refractivity contribution is 7.08. The fourth-order valence-corrected chi connectivity index (χ4v) is 4.52. The second-order valence-corrected chi connectivity index (χ2v) is 7.43. The summed E-state index contributed by atoms with van der Waals surface area (Å²) < 4.78 is 6.05. The number of morpholine rings is 1. The van der Waals surface area contributed by atoms with Crippen molar-refractivity contribution in [3.8, 4) is 0 Å². The first-order valence-corrected chi connectivity index (χ1v) is 9.82. The second kappa shape index (κ2) is 7.54. The Hall–Kier alpha value is -1.92. The molecular formula is C19H23N3O2S. The van der Waals surface area contributed by atoms with Crippen molar-refractivity contribution in [1.82, 2.24) is 9.88 Å². The van der Waals surface area contributed by atoms with E-state index in [1.54, 1.807) is 17.5 Å². The van der Waals surface area contributed by atoms with Gasteiger partial charge in [0, 0.05) is 25.8 Å². The van der Waals surface area contributed by atoms with E-state index in [2.05, 4.69) is 21.3 Å². The van der Waals surface area contributed by atoms with Crippen LogP contribution in [0.1, 0.15) is 18.4 Å². The zero-order valence-corrected chi connectivity index (χ0v) is 15.0. The minimum Gasteiger partial charge on any atom is -0.374 e. The van der Waals surface area contributed by atoms with Gasteiger partial charge in [0.1, 0.15) is 0 Å². The molecule has 0 saturated carbocycles. The molecule has 5 nitrogen and oxygen atoms in total. The fourth-order valence-electron chi connectivity index (χ4n) is 3.85. The summed E-state index contributed by atoms with van der Waals surface area (Å²) >= 11 is 1.64. The molecule has 2 aromatic heterocycles. The van der Waals surface area contributed by atoms with Crippen LogP contribution < -0.4 is 4.90 Å². The van der Waals surface area contributed by atoms with E-state index in [4.69, 9.17) is 4.74 Å². The van der Waals surface area contributed by atoms with Crippen molar-refractivity contribution in [2.24, 2.45) is 0 Å². The highest BCUT2D eigenvalue weighted by Crippen LogP contribution is 2.28. The Morgan fingerprint density at radius 3 is 3.00 bits per heavy atom. The van der Waals surface area contributed by atoms with Crippen LogP contribution in [0.25, 0.3) is 0 Å².